The number of nitrogens with two attached hydrogens (primary N) is 1. The zero-order valence-electron chi connectivity index (χ0n) is 16.0. The zero-order valence-corrected chi connectivity index (χ0v) is 18.3. The van der Waals surface area contributed by atoms with Crippen LogP contribution in [0, 0.1) is 0 Å². The van der Waals surface area contributed by atoms with Crippen LogP contribution >= 0.6 is 35.0 Å². The first-order valence-electron chi connectivity index (χ1n) is 9.19. The molecule has 1 aliphatic heterocycles. The van der Waals surface area contributed by atoms with Crippen LogP contribution in [0.5, 0.6) is 0 Å². The number of unbranched alkanes of at least 4 members (excludes halogenated alkanes) is 1. The molecule has 0 radical (unpaired) electrons. The molecule has 30 heavy (non-hydrogen) atoms. The van der Waals surface area contributed by atoms with Crippen LogP contribution in [0.4, 0.5) is 17.6 Å². The summed E-state index contributed by atoms with van der Waals surface area (Å²) < 4.78 is 0. The lowest BCUT2D eigenvalue weighted by Crippen LogP contribution is -2.32. The number of nitrogens with zero attached hydrogens (tertiary/aromatic N) is 3. The fourth-order valence-corrected chi connectivity index (χ4v) is 3.93. The van der Waals surface area contributed by atoms with E-state index in [4.69, 9.17) is 28.9 Å². The van der Waals surface area contributed by atoms with Crippen LogP contribution in [-0.2, 0) is 4.79 Å². The third kappa shape index (κ3) is 6.28. The number of anilines is 3. The van der Waals surface area contributed by atoms with Gasteiger partial charge in [0.15, 0.2) is 0 Å². The van der Waals surface area contributed by atoms with Crippen molar-refractivity contribution < 1.29 is 4.79 Å². The standard InChI is InChI=1S/C18H21Cl2N7O2S/c19-11-4-5-12(20)14(9-11)23-17-24-16(25-18(29)26-17)22-6-2-1-3-13(21)15(28)27-7-8-30-10-27/h3-5,9H,1-2,6-8,10,21H2,(H3,22,23,24,25,26,29)/b13-3-. The molecule has 0 unspecified atom stereocenters. The molecule has 1 aromatic heterocycles. The van der Waals surface area contributed by atoms with Crippen LogP contribution in [0.3, 0.4) is 0 Å². The molecule has 2 aromatic rings. The molecular weight excluding hydrogens is 449 g/mol. The molecule has 9 nitrogen and oxygen atoms in total. The third-order valence-electron chi connectivity index (χ3n) is 4.15. The summed E-state index contributed by atoms with van der Waals surface area (Å²) in [7, 11) is 0. The van der Waals surface area contributed by atoms with Crippen molar-refractivity contribution in [2.24, 2.45) is 5.73 Å². The van der Waals surface area contributed by atoms with Crippen LogP contribution in [0.1, 0.15) is 12.8 Å². The van der Waals surface area contributed by atoms with Gasteiger partial charge in [0.1, 0.15) is 0 Å². The molecule has 0 spiro atoms. The molecule has 1 aromatic carbocycles. The summed E-state index contributed by atoms with van der Waals surface area (Å²) in [5, 5.41) is 6.82. The second-order valence-corrected chi connectivity index (χ2v) is 8.33. The van der Waals surface area contributed by atoms with E-state index in [1.54, 1.807) is 40.9 Å². The Morgan fingerprint density at radius 3 is 2.97 bits per heavy atom. The van der Waals surface area contributed by atoms with E-state index in [1.165, 1.54) is 0 Å². The number of rotatable bonds is 8. The van der Waals surface area contributed by atoms with Crippen LogP contribution in [0.15, 0.2) is 34.8 Å². The molecule has 5 N–H and O–H groups in total. The zero-order chi connectivity index (χ0) is 21.5. The molecule has 2 heterocycles. The van der Waals surface area contributed by atoms with Crippen molar-refractivity contribution in [1.82, 2.24) is 19.9 Å². The second-order valence-electron chi connectivity index (χ2n) is 6.41. The minimum Gasteiger partial charge on any atom is -0.395 e. The van der Waals surface area contributed by atoms with Crippen molar-refractivity contribution >= 4 is 58.5 Å². The number of H-pyrrole nitrogens is 1. The van der Waals surface area contributed by atoms with Crippen molar-refractivity contribution in [1.29, 1.82) is 0 Å². The summed E-state index contributed by atoms with van der Waals surface area (Å²) in [6.07, 6.45) is 3.01. The average Bonchev–Trinajstić information content (AvgIpc) is 3.24. The number of carbonyl (C=O) groups excluding carboxylic acids is 1. The van der Waals surface area contributed by atoms with Gasteiger partial charge in [-0.1, -0.05) is 29.3 Å². The molecule has 160 valence electrons. The van der Waals surface area contributed by atoms with Gasteiger partial charge >= 0.3 is 5.69 Å². The second kappa shape index (κ2) is 10.6. The Labute approximate surface area is 187 Å². The normalized spacial score (nSPS) is 14.1. The largest absolute Gasteiger partial charge is 0.395 e. The number of aromatic nitrogens is 3. The molecule has 1 amide bonds. The maximum absolute atomic E-state index is 12.1. The lowest BCUT2D eigenvalue weighted by atomic mass is 10.2. The Kier molecular flexibility index (Phi) is 7.83. The minimum atomic E-state index is -0.564. The lowest BCUT2D eigenvalue weighted by molar-refractivity contribution is -0.125. The van der Waals surface area contributed by atoms with Crippen molar-refractivity contribution in [2.75, 3.05) is 35.4 Å². The van der Waals surface area contributed by atoms with Gasteiger partial charge in [-0.05, 0) is 31.0 Å². The van der Waals surface area contributed by atoms with Gasteiger partial charge in [-0.25, -0.2) is 4.79 Å². The number of nitrogens with one attached hydrogen (secondary N) is 3. The first kappa shape index (κ1) is 22.3. The van der Waals surface area contributed by atoms with E-state index in [2.05, 4.69) is 25.6 Å². The Morgan fingerprint density at radius 1 is 1.37 bits per heavy atom. The number of benzene rings is 1. The van der Waals surface area contributed by atoms with Gasteiger partial charge < -0.3 is 21.3 Å². The number of carbonyl (C=O) groups is 1. The summed E-state index contributed by atoms with van der Waals surface area (Å²) >= 11 is 13.8. The Balaban J connectivity index is 1.52. The molecule has 3 rings (SSSR count). The van der Waals surface area contributed by atoms with Gasteiger partial charge in [-0.3, -0.25) is 9.78 Å². The molecular formula is C18H21Cl2N7O2S. The van der Waals surface area contributed by atoms with E-state index in [1.807, 2.05) is 0 Å². The number of aromatic amines is 1. The third-order valence-corrected chi connectivity index (χ3v) is 5.68. The van der Waals surface area contributed by atoms with E-state index in [0.717, 1.165) is 12.3 Å². The Bertz CT molecular complexity index is 993. The molecule has 1 fully saturated rings. The number of hydrogen-bond acceptors (Lipinski definition) is 8. The lowest BCUT2D eigenvalue weighted by Gasteiger charge is -2.14. The van der Waals surface area contributed by atoms with Gasteiger partial charge in [0, 0.05) is 23.9 Å². The topological polar surface area (TPSA) is 129 Å². The molecule has 0 bridgehead atoms. The average molecular weight is 470 g/mol. The van der Waals surface area contributed by atoms with E-state index < -0.39 is 5.69 Å². The fraction of sp³-hybridized carbons (Fsp3) is 0.333. The summed E-state index contributed by atoms with van der Waals surface area (Å²) in [5.41, 5.74) is 6.07. The Hall–Kier alpha value is -2.43. The van der Waals surface area contributed by atoms with Crippen molar-refractivity contribution in [3.8, 4) is 0 Å². The van der Waals surface area contributed by atoms with Crippen LogP contribution in [-0.4, -0.2) is 50.5 Å². The highest BCUT2D eigenvalue weighted by Crippen LogP contribution is 2.27. The van der Waals surface area contributed by atoms with Crippen LogP contribution in [0.2, 0.25) is 10.0 Å². The van der Waals surface area contributed by atoms with Gasteiger partial charge in [0.05, 0.1) is 22.3 Å². The SMILES string of the molecule is N/C(=C\CCCNc1nc(Nc2cc(Cl)ccc2Cl)[nH]c(=O)n1)C(=O)N1CCSC1. The van der Waals surface area contributed by atoms with Gasteiger partial charge in [0.2, 0.25) is 11.9 Å². The highest BCUT2D eigenvalue weighted by Gasteiger charge is 2.19. The molecule has 1 saturated heterocycles. The Morgan fingerprint density at radius 2 is 2.20 bits per heavy atom. The summed E-state index contributed by atoms with van der Waals surface area (Å²) in [6.45, 7) is 1.23. The van der Waals surface area contributed by atoms with E-state index in [-0.39, 0.29) is 23.5 Å². The number of allylic oxidation sites excluding steroid dienone is 1. The van der Waals surface area contributed by atoms with Crippen LogP contribution in [0.25, 0.3) is 0 Å². The van der Waals surface area contributed by atoms with Gasteiger partial charge in [-0.15, -0.1) is 11.8 Å². The summed E-state index contributed by atoms with van der Waals surface area (Å²) in [5.74, 6) is 1.85. The van der Waals surface area contributed by atoms with Gasteiger partial charge in [0.25, 0.3) is 5.91 Å². The van der Waals surface area contributed by atoms with Crippen molar-refractivity contribution in [2.45, 2.75) is 12.8 Å². The maximum Gasteiger partial charge on any atom is 0.351 e. The predicted molar refractivity (Wildman–Crippen MR) is 121 cm³/mol. The smallest absolute Gasteiger partial charge is 0.351 e. The first-order valence-corrected chi connectivity index (χ1v) is 11.1. The fourth-order valence-electron chi connectivity index (χ4n) is 2.65. The molecule has 0 aliphatic carbocycles. The monoisotopic (exact) mass is 469 g/mol. The highest BCUT2D eigenvalue weighted by atomic mass is 35.5. The summed E-state index contributed by atoms with van der Waals surface area (Å²) in [4.78, 5) is 36.2. The highest BCUT2D eigenvalue weighted by molar-refractivity contribution is 7.99. The molecule has 1 aliphatic rings. The molecule has 0 saturated carbocycles. The minimum absolute atomic E-state index is 0.124. The molecule has 12 heteroatoms. The van der Waals surface area contributed by atoms with Crippen LogP contribution < -0.4 is 22.1 Å². The summed E-state index contributed by atoms with van der Waals surface area (Å²) in [6, 6.07) is 4.91. The number of hydrogen-bond donors (Lipinski definition) is 4. The first-order chi connectivity index (χ1) is 14.4. The molecule has 0 atom stereocenters. The number of thioether (sulfide) groups is 1. The predicted octanol–water partition coefficient (Wildman–Crippen LogP) is 2.78. The number of amides is 1. The maximum atomic E-state index is 12.1. The van der Waals surface area contributed by atoms with Crippen molar-refractivity contribution in [3.05, 3.63) is 50.5 Å². The quantitative estimate of drug-likeness (QED) is 0.343. The van der Waals surface area contributed by atoms with E-state index in [0.29, 0.717) is 41.0 Å². The number of halogens is 2. The van der Waals surface area contributed by atoms with Crippen molar-refractivity contribution in [3.63, 3.8) is 0 Å². The van der Waals surface area contributed by atoms with Gasteiger partial charge in [-0.2, -0.15) is 9.97 Å². The van der Waals surface area contributed by atoms with E-state index >= 15 is 0 Å². The van der Waals surface area contributed by atoms with E-state index in [9.17, 15) is 9.59 Å².